The summed E-state index contributed by atoms with van der Waals surface area (Å²) in [6.45, 7) is 5.97. The average Bonchev–Trinajstić information content (AvgIpc) is 3.41. The van der Waals surface area contributed by atoms with Crippen LogP contribution in [-0.4, -0.2) is 57.0 Å². The maximum atomic E-state index is 5.62. The summed E-state index contributed by atoms with van der Waals surface area (Å²) in [7, 11) is 0. The lowest BCUT2D eigenvalue weighted by atomic mass is 9.93. The Balaban J connectivity index is 1.16. The van der Waals surface area contributed by atoms with Gasteiger partial charge in [0, 0.05) is 56.6 Å². The quantitative estimate of drug-likeness (QED) is 0.770. The summed E-state index contributed by atoms with van der Waals surface area (Å²) < 4.78 is 7.66. The summed E-state index contributed by atoms with van der Waals surface area (Å²) in [6.07, 6.45) is 14.2. The minimum absolute atomic E-state index is 0.308. The van der Waals surface area contributed by atoms with Crippen molar-refractivity contribution >= 4 is 5.95 Å². The Morgan fingerprint density at radius 1 is 1.15 bits per heavy atom. The highest BCUT2D eigenvalue weighted by atomic mass is 16.5. The number of rotatable bonds is 8. The van der Waals surface area contributed by atoms with Gasteiger partial charge in [-0.25, -0.2) is 9.97 Å². The van der Waals surface area contributed by atoms with Crippen molar-refractivity contribution in [1.82, 2.24) is 24.6 Å². The van der Waals surface area contributed by atoms with Crippen LogP contribution in [0.15, 0.2) is 30.9 Å². The molecule has 2 aromatic rings. The number of anilines is 1. The molecule has 0 bridgehead atoms. The molecule has 0 spiro atoms. The molecule has 1 atom stereocenters. The lowest BCUT2D eigenvalue weighted by Gasteiger charge is -2.31. The molecule has 4 rings (SSSR count). The second-order valence-corrected chi connectivity index (χ2v) is 7.71. The largest absolute Gasteiger partial charge is 0.376 e. The SMILES string of the molecule is c1cnn(CCC2CCN(Cc3cnc(NCC4CCCO4)nc3)CC2)c1. The van der Waals surface area contributed by atoms with E-state index in [1.54, 1.807) is 0 Å². The van der Waals surface area contributed by atoms with Crippen LogP contribution >= 0.6 is 0 Å². The number of hydrogen-bond acceptors (Lipinski definition) is 6. The topological polar surface area (TPSA) is 68.1 Å². The maximum Gasteiger partial charge on any atom is 0.222 e. The van der Waals surface area contributed by atoms with E-state index in [1.807, 2.05) is 29.3 Å². The molecule has 7 heteroatoms. The van der Waals surface area contributed by atoms with Crippen molar-refractivity contribution in [3.8, 4) is 0 Å². The van der Waals surface area contributed by atoms with E-state index in [0.717, 1.165) is 58.1 Å². The number of nitrogens with zero attached hydrogens (tertiary/aromatic N) is 5. The summed E-state index contributed by atoms with van der Waals surface area (Å²) in [4.78, 5) is 11.4. The minimum atomic E-state index is 0.308. The first-order chi connectivity index (χ1) is 13.3. The van der Waals surface area contributed by atoms with Crippen molar-refractivity contribution in [2.45, 2.75) is 51.3 Å². The Bertz CT molecular complexity index is 660. The minimum Gasteiger partial charge on any atom is -0.376 e. The zero-order chi connectivity index (χ0) is 18.3. The van der Waals surface area contributed by atoms with Crippen molar-refractivity contribution in [3.05, 3.63) is 36.4 Å². The fourth-order valence-electron chi connectivity index (χ4n) is 3.98. The molecule has 0 radical (unpaired) electrons. The van der Waals surface area contributed by atoms with E-state index in [-0.39, 0.29) is 0 Å². The number of aryl methyl sites for hydroxylation is 1. The number of ether oxygens (including phenoxy) is 1. The molecule has 2 aliphatic rings. The predicted octanol–water partition coefficient (Wildman–Crippen LogP) is 2.57. The summed E-state index contributed by atoms with van der Waals surface area (Å²) in [5.74, 6) is 1.51. The molecule has 27 heavy (non-hydrogen) atoms. The van der Waals surface area contributed by atoms with Crippen LogP contribution in [0.4, 0.5) is 5.95 Å². The van der Waals surface area contributed by atoms with Gasteiger partial charge in [-0.2, -0.15) is 5.10 Å². The molecule has 7 nitrogen and oxygen atoms in total. The first kappa shape index (κ1) is 18.4. The standard InChI is InChI=1S/C20H30N6O/c1-3-19(27-12-1)15-23-20-21-13-18(14-22-20)16-25-9-4-17(5-10-25)6-11-26-8-2-7-24-26/h2,7-8,13-14,17,19H,1,3-6,9-12,15-16H2,(H,21,22,23). The van der Waals surface area contributed by atoms with E-state index in [0.29, 0.717) is 12.1 Å². The molecule has 1 unspecified atom stereocenters. The van der Waals surface area contributed by atoms with Gasteiger partial charge in [0.1, 0.15) is 0 Å². The third kappa shape index (κ3) is 5.49. The van der Waals surface area contributed by atoms with Crippen LogP contribution in [0.1, 0.15) is 37.7 Å². The second kappa shape index (κ2) is 9.28. The normalized spacial score (nSPS) is 21.6. The molecule has 0 saturated carbocycles. The first-order valence-corrected chi connectivity index (χ1v) is 10.2. The summed E-state index contributed by atoms with van der Waals surface area (Å²) in [6, 6.07) is 1.99. The molecular weight excluding hydrogens is 340 g/mol. The highest BCUT2D eigenvalue weighted by Gasteiger charge is 2.19. The van der Waals surface area contributed by atoms with Crippen molar-refractivity contribution in [2.75, 3.05) is 31.6 Å². The van der Waals surface area contributed by atoms with E-state index in [9.17, 15) is 0 Å². The van der Waals surface area contributed by atoms with Crippen molar-refractivity contribution in [1.29, 1.82) is 0 Å². The third-order valence-corrected chi connectivity index (χ3v) is 5.66. The second-order valence-electron chi connectivity index (χ2n) is 7.71. The van der Waals surface area contributed by atoms with Gasteiger partial charge in [0.25, 0.3) is 0 Å². The third-order valence-electron chi connectivity index (χ3n) is 5.66. The summed E-state index contributed by atoms with van der Waals surface area (Å²) >= 11 is 0. The van der Waals surface area contributed by atoms with E-state index >= 15 is 0 Å². The number of aromatic nitrogens is 4. The smallest absolute Gasteiger partial charge is 0.222 e. The molecule has 2 fully saturated rings. The van der Waals surface area contributed by atoms with Crippen LogP contribution in [0.25, 0.3) is 0 Å². The fraction of sp³-hybridized carbons (Fsp3) is 0.650. The highest BCUT2D eigenvalue weighted by Crippen LogP contribution is 2.22. The van der Waals surface area contributed by atoms with Crippen LogP contribution in [0.5, 0.6) is 0 Å². The number of nitrogens with one attached hydrogen (secondary N) is 1. The summed E-state index contributed by atoms with van der Waals surface area (Å²) in [5.41, 5.74) is 1.19. The highest BCUT2D eigenvalue weighted by molar-refractivity contribution is 5.25. The molecule has 146 valence electrons. The number of likely N-dealkylation sites (tertiary alicyclic amines) is 1. The Morgan fingerprint density at radius 2 is 2.00 bits per heavy atom. The Labute approximate surface area is 161 Å². The number of piperidine rings is 1. The van der Waals surface area contributed by atoms with Crippen molar-refractivity contribution < 1.29 is 4.74 Å². The molecule has 2 aromatic heterocycles. The lowest BCUT2D eigenvalue weighted by Crippen LogP contribution is -2.33. The van der Waals surface area contributed by atoms with Crippen LogP contribution in [-0.2, 0) is 17.8 Å². The molecule has 0 amide bonds. The fourth-order valence-corrected chi connectivity index (χ4v) is 3.98. The van der Waals surface area contributed by atoms with Crippen LogP contribution in [0.3, 0.4) is 0 Å². The van der Waals surface area contributed by atoms with E-state index in [1.165, 1.54) is 24.8 Å². The van der Waals surface area contributed by atoms with Gasteiger partial charge in [0.2, 0.25) is 5.95 Å². The van der Waals surface area contributed by atoms with Gasteiger partial charge in [-0.1, -0.05) is 0 Å². The first-order valence-electron chi connectivity index (χ1n) is 10.2. The predicted molar refractivity (Wildman–Crippen MR) is 104 cm³/mol. The average molecular weight is 371 g/mol. The monoisotopic (exact) mass is 370 g/mol. The molecule has 4 heterocycles. The number of hydrogen-bond donors (Lipinski definition) is 1. The zero-order valence-corrected chi connectivity index (χ0v) is 16.0. The maximum absolute atomic E-state index is 5.62. The molecule has 2 saturated heterocycles. The van der Waals surface area contributed by atoms with Crippen molar-refractivity contribution in [3.63, 3.8) is 0 Å². The van der Waals surface area contributed by atoms with Crippen LogP contribution in [0.2, 0.25) is 0 Å². The van der Waals surface area contributed by atoms with Crippen molar-refractivity contribution in [2.24, 2.45) is 5.92 Å². The van der Waals surface area contributed by atoms with Gasteiger partial charge in [-0.3, -0.25) is 9.58 Å². The zero-order valence-electron chi connectivity index (χ0n) is 16.0. The van der Waals surface area contributed by atoms with Gasteiger partial charge in [0.15, 0.2) is 0 Å². The Kier molecular flexibility index (Phi) is 6.32. The Morgan fingerprint density at radius 3 is 2.70 bits per heavy atom. The van der Waals surface area contributed by atoms with Gasteiger partial charge in [-0.05, 0) is 57.2 Å². The van der Waals surface area contributed by atoms with Gasteiger partial charge >= 0.3 is 0 Å². The van der Waals surface area contributed by atoms with Gasteiger partial charge in [-0.15, -0.1) is 0 Å². The van der Waals surface area contributed by atoms with E-state index < -0.39 is 0 Å². The summed E-state index contributed by atoms with van der Waals surface area (Å²) in [5, 5.41) is 7.58. The Hall–Kier alpha value is -1.99. The van der Waals surface area contributed by atoms with Gasteiger partial charge < -0.3 is 10.1 Å². The van der Waals surface area contributed by atoms with Crippen LogP contribution < -0.4 is 5.32 Å². The molecule has 0 aliphatic carbocycles. The molecule has 1 N–H and O–H groups in total. The lowest BCUT2D eigenvalue weighted by molar-refractivity contribution is 0.120. The van der Waals surface area contributed by atoms with E-state index in [2.05, 4.69) is 31.5 Å². The molecular formula is C20H30N6O. The van der Waals surface area contributed by atoms with E-state index in [4.69, 9.17) is 4.74 Å². The molecule has 2 aliphatic heterocycles. The van der Waals surface area contributed by atoms with Crippen LogP contribution in [0, 0.1) is 5.92 Å². The van der Waals surface area contributed by atoms with Gasteiger partial charge in [0.05, 0.1) is 6.10 Å². The molecule has 0 aromatic carbocycles.